The average molecular weight is 469 g/mol. The minimum Gasteiger partial charge on any atom is -0.349 e. The molecule has 2 aliphatic rings. The van der Waals surface area contributed by atoms with Gasteiger partial charge in [-0.3, -0.25) is 4.79 Å². The van der Waals surface area contributed by atoms with Gasteiger partial charge in [0, 0.05) is 6.42 Å². The second-order valence-electron chi connectivity index (χ2n) is 11.5. The Balaban J connectivity index is 2.53. The minimum atomic E-state index is -1.63. The number of Topliss-reactive ketones (excluding diaryl/α,β-unsaturated/α-hetero) is 1. The molecular formula is C20H44N4OSi4. The van der Waals surface area contributed by atoms with Crippen molar-refractivity contribution < 1.29 is 4.79 Å². The Morgan fingerprint density at radius 1 is 0.724 bits per heavy atom. The van der Waals surface area contributed by atoms with Gasteiger partial charge in [-0.05, 0) is 31.1 Å². The third-order valence-corrected chi connectivity index (χ3v) is 25.4. The average Bonchev–Trinajstić information content (AvgIpc) is 2.56. The SMILES string of the molecule is CCC(=O)C(=NN1[Si](C)(C)CCC[Si]1(C)C)C(C)=NN1[Si](C)(C)CCC[Si]1(C)C. The summed E-state index contributed by atoms with van der Waals surface area (Å²) in [5, 5.41) is 10.4. The van der Waals surface area contributed by atoms with Crippen LogP contribution in [0.1, 0.15) is 33.1 Å². The number of hydrazone groups is 2. The van der Waals surface area contributed by atoms with E-state index in [9.17, 15) is 4.79 Å². The van der Waals surface area contributed by atoms with Gasteiger partial charge in [-0.1, -0.05) is 72.1 Å². The Morgan fingerprint density at radius 2 is 1.07 bits per heavy atom. The van der Waals surface area contributed by atoms with Crippen LogP contribution in [-0.2, 0) is 4.79 Å². The van der Waals surface area contributed by atoms with Gasteiger partial charge in [0.05, 0.1) is 5.71 Å². The van der Waals surface area contributed by atoms with E-state index >= 15 is 0 Å². The van der Waals surface area contributed by atoms with Gasteiger partial charge in [0.1, 0.15) is 5.71 Å². The van der Waals surface area contributed by atoms with Crippen LogP contribution >= 0.6 is 0 Å². The Kier molecular flexibility index (Phi) is 7.29. The molecule has 0 aliphatic carbocycles. The van der Waals surface area contributed by atoms with Crippen LogP contribution in [0.2, 0.25) is 76.6 Å². The van der Waals surface area contributed by atoms with Crippen LogP contribution in [0.5, 0.6) is 0 Å². The van der Waals surface area contributed by atoms with Crippen molar-refractivity contribution in [1.29, 1.82) is 0 Å². The molecule has 2 heterocycles. The molecule has 0 bridgehead atoms. The highest BCUT2D eigenvalue weighted by Crippen LogP contribution is 2.36. The van der Waals surface area contributed by atoms with Crippen LogP contribution < -0.4 is 0 Å². The summed E-state index contributed by atoms with van der Waals surface area (Å²) < 4.78 is 5.01. The van der Waals surface area contributed by atoms with Crippen LogP contribution in [0.3, 0.4) is 0 Å². The van der Waals surface area contributed by atoms with Gasteiger partial charge in [-0.2, -0.15) is 10.2 Å². The zero-order valence-corrected chi connectivity index (χ0v) is 24.6. The molecule has 166 valence electrons. The molecule has 0 radical (unpaired) electrons. The van der Waals surface area contributed by atoms with Crippen molar-refractivity contribution in [2.24, 2.45) is 10.2 Å². The quantitative estimate of drug-likeness (QED) is 0.371. The van der Waals surface area contributed by atoms with Crippen LogP contribution in [-0.4, -0.2) is 58.8 Å². The molecule has 0 saturated carbocycles. The molecule has 5 nitrogen and oxygen atoms in total. The summed E-state index contributed by atoms with van der Waals surface area (Å²) in [7, 11) is -6.40. The minimum absolute atomic E-state index is 0.141. The van der Waals surface area contributed by atoms with Crippen molar-refractivity contribution in [1.82, 2.24) is 8.68 Å². The van der Waals surface area contributed by atoms with Crippen molar-refractivity contribution in [3.8, 4) is 0 Å². The lowest BCUT2D eigenvalue weighted by Gasteiger charge is -2.50. The van der Waals surface area contributed by atoms with Gasteiger partial charge in [-0.25, -0.2) is 0 Å². The van der Waals surface area contributed by atoms with Crippen LogP contribution in [0, 0.1) is 0 Å². The summed E-state index contributed by atoms with van der Waals surface area (Å²) in [5.74, 6) is 0.141. The van der Waals surface area contributed by atoms with E-state index in [1.807, 2.05) is 13.8 Å². The van der Waals surface area contributed by atoms with Crippen LogP contribution in [0.15, 0.2) is 10.2 Å². The highest BCUT2D eigenvalue weighted by Gasteiger charge is 2.46. The first-order valence-corrected chi connectivity index (χ1v) is 24.0. The standard InChI is InChI=1S/C20H44N4OSi4/c1-11-19(25)20(22-24-28(7,8)16-13-17-29(24,9)10)18(2)21-23-26(3,4)14-12-15-27(23,5)6/h11-17H2,1-10H3. The predicted molar refractivity (Wildman–Crippen MR) is 138 cm³/mol. The fraction of sp³-hybridized carbons (Fsp3) is 0.850. The molecule has 9 heteroatoms. The third kappa shape index (κ3) is 5.40. The number of carbonyl (C=O) groups is 1. The molecule has 0 atom stereocenters. The number of hydrogen-bond donors (Lipinski definition) is 0. The molecule has 2 aliphatic heterocycles. The van der Waals surface area contributed by atoms with E-state index in [1.54, 1.807) is 0 Å². The van der Waals surface area contributed by atoms with Crippen LogP contribution in [0.25, 0.3) is 0 Å². The lowest BCUT2D eigenvalue weighted by atomic mass is 10.1. The maximum absolute atomic E-state index is 13.0. The molecule has 0 aromatic rings. The fourth-order valence-corrected chi connectivity index (χ4v) is 27.1. The van der Waals surface area contributed by atoms with Crippen LogP contribution in [0.4, 0.5) is 0 Å². The summed E-state index contributed by atoms with van der Waals surface area (Å²) in [6.45, 7) is 23.4. The molecule has 0 aromatic carbocycles. The molecule has 0 unspecified atom stereocenters. The first kappa shape index (κ1) is 24.7. The smallest absolute Gasteiger partial charge is 0.184 e. The molecule has 0 aromatic heterocycles. The Hall–Kier alpha value is -0.522. The zero-order valence-electron chi connectivity index (χ0n) is 20.6. The Bertz CT molecular complexity index is 669. The topological polar surface area (TPSA) is 48.3 Å². The Morgan fingerprint density at radius 3 is 1.41 bits per heavy atom. The molecular weight excluding hydrogens is 425 g/mol. The Labute approximate surface area is 183 Å². The van der Waals surface area contributed by atoms with E-state index in [4.69, 9.17) is 10.2 Å². The summed E-state index contributed by atoms with van der Waals surface area (Å²) in [4.78, 5) is 13.0. The van der Waals surface area contributed by atoms with E-state index in [0.717, 1.165) is 5.71 Å². The van der Waals surface area contributed by atoms with Crippen molar-refractivity contribution >= 4 is 50.1 Å². The predicted octanol–water partition coefficient (Wildman–Crippen LogP) is 5.93. The summed E-state index contributed by atoms with van der Waals surface area (Å²) in [5.41, 5.74) is 1.48. The maximum Gasteiger partial charge on any atom is 0.184 e. The molecule has 29 heavy (non-hydrogen) atoms. The zero-order chi connectivity index (χ0) is 22.3. The lowest BCUT2D eigenvalue weighted by molar-refractivity contribution is -0.112. The number of carbonyl (C=O) groups excluding carboxylic acids is 1. The normalized spacial score (nSPS) is 26.4. The van der Waals surface area contributed by atoms with Crippen molar-refractivity contribution in [3.05, 3.63) is 0 Å². The lowest BCUT2D eigenvalue weighted by Crippen LogP contribution is -2.63. The van der Waals surface area contributed by atoms with E-state index in [1.165, 1.54) is 37.0 Å². The first-order chi connectivity index (χ1) is 13.1. The van der Waals surface area contributed by atoms with Gasteiger partial charge in [0.25, 0.3) is 0 Å². The van der Waals surface area contributed by atoms with Crippen molar-refractivity contribution in [3.63, 3.8) is 0 Å². The number of nitrogens with zero attached hydrogens (tertiary/aromatic N) is 4. The van der Waals surface area contributed by atoms with Gasteiger partial charge < -0.3 is 8.68 Å². The molecule has 2 fully saturated rings. The second-order valence-corrected chi connectivity index (χ2v) is 30.6. The largest absolute Gasteiger partial charge is 0.349 e. The van der Waals surface area contributed by atoms with E-state index in [-0.39, 0.29) is 5.78 Å². The maximum atomic E-state index is 13.0. The molecule has 0 spiro atoms. The molecule has 0 amide bonds. The molecule has 0 N–H and O–H groups in total. The number of ketones is 1. The van der Waals surface area contributed by atoms with E-state index in [0.29, 0.717) is 12.1 Å². The van der Waals surface area contributed by atoms with Gasteiger partial charge >= 0.3 is 0 Å². The highest BCUT2D eigenvalue weighted by atomic mass is 28.4. The second kappa shape index (κ2) is 8.55. The highest BCUT2D eigenvalue weighted by molar-refractivity contribution is 6.92. The van der Waals surface area contributed by atoms with E-state index < -0.39 is 32.9 Å². The van der Waals surface area contributed by atoms with E-state index in [2.05, 4.69) is 61.1 Å². The molecule has 2 saturated heterocycles. The van der Waals surface area contributed by atoms with Crippen molar-refractivity contribution in [2.75, 3.05) is 0 Å². The molecule has 2 rings (SSSR count). The first-order valence-electron chi connectivity index (χ1n) is 11.4. The monoisotopic (exact) mass is 468 g/mol. The van der Waals surface area contributed by atoms with Gasteiger partial charge in [0.2, 0.25) is 0 Å². The van der Waals surface area contributed by atoms with Gasteiger partial charge in [0.15, 0.2) is 38.7 Å². The van der Waals surface area contributed by atoms with Gasteiger partial charge in [-0.15, -0.1) is 0 Å². The fourth-order valence-electron chi connectivity index (χ4n) is 5.31. The summed E-state index contributed by atoms with van der Waals surface area (Å²) in [6, 6.07) is 5.12. The third-order valence-electron chi connectivity index (χ3n) is 6.83. The van der Waals surface area contributed by atoms with Crippen molar-refractivity contribution in [2.45, 2.75) is 110 Å². The number of hydrogen-bond acceptors (Lipinski definition) is 5. The number of rotatable bonds is 5. The summed E-state index contributed by atoms with van der Waals surface area (Å²) in [6.07, 6.45) is 3.15. The summed E-state index contributed by atoms with van der Waals surface area (Å²) >= 11 is 0.